The maximum atomic E-state index is 13.7. The topological polar surface area (TPSA) is 55.5 Å². The van der Waals surface area contributed by atoms with E-state index in [-0.39, 0.29) is 17.3 Å². The van der Waals surface area contributed by atoms with Crippen LogP contribution in [0.3, 0.4) is 0 Å². The Kier molecular flexibility index (Phi) is 4.44. The van der Waals surface area contributed by atoms with Crippen LogP contribution in [0.2, 0.25) is 0 Å². The smallest absolute Gasteiger partial charge is 0.237 e. The molecule has 2 bridgehead atoms. The lowest BCUT2D eigenvalue weighted by Crippen LogP contribution is -2.62. The Hall–Kier alpha value is -1.99. The molecule has 1 N–H and O–H groups in total. The van der Waals surface area contributed by atoms with Crippen LogP contribution in [0.1, 0.15) is 44.5 Å². The SMILES string of the molecule is Cc1cc(F)cc2[nH]c(CN3CC4CCC(C3)N4CC(=O)N3CCC3(C)C)nc12. The third-order valence-corrected chi connectivity index (χ3v) is 7.17. The summed E-state index contributed by atoms with van der Waals surface area (Å²) < 4.78 is 13.7. The molecule has 2 atom stereocenters. The zero-order valence-corrected chi connectivity index (χ0v) is 17.5. The zero-order valence-electron chi connectivity index (χ0n) is 17.5. The average molecular weight is 400 g/mol. The van der Waals surface area contributed by atoms with Crippen molar-refractivity contribution in [3.8, 4) is 0 Å². The minimum Gasteiger partial charge on any atom is -0.341 e. The predicted octanol–water partition coefficient (Wildman–Crippen LogP) is 2.67. The molecule has 0 spiro atoms. The van der Waals surface area contributed by atoms with Crippen LogP contribution in [0.15, 0.2) is 12.1 Å². The molecule has 2 unspecified atom stereocenters. The number of aromatic nitrogens is 2. The highest BCUT2D eigenvalue weighted by Gasteiger charge is 2.44. The van der Waals surface area contributed by atoms with Crippen molar-refractivity contribution in [3.63, 3.8) is 0 Å². The van der Waals surface area contributed by atoms with Gasteiger partial charge in [-0.15, -0.1) is 0 Å². The number of halogens is 1. The number of piperazine rings is 1. The van der Waals surface area contributed by atoms with E-state index in [1.807, 2.05) is 11.8 Å². The molecule has 1 aromatic heterocycles. The molecule has 1 aromatic carbocycles. The summed E-state index contributed by atoms with van der Waals surface area (Å²) in [5, 5.41) is 0. The Morgan fingerprint density at radius 2 is 2.00 bits per heavy atom. The Morgan fingerprint density at radius 1 is 1.28 bits per heavy atom. The number of nitrogens with one attached hydrogen (secondary N) is 1. The number of aryl methyl sites for hydroxylation is 1. The molecule has 0 saturated carbocycles. The maximum absolute atomic E-state index is 13.7. The van der Waals surface area contributed by atoms with Gasteiger partial charge in [0.05, 0.1) is 24.1 Å². The van der Waals surface area contributed by atoms with Gasteiger partial charge in [-0.1, -0.05) is 0 Å². The minimum atomic E-state index is -0.230. The number of nitrogens with zero attached hydrogens (tertiary/aromatic N) is 4. The van der Waals surface area contributed by atoms with E-state index in [0.717, 1.165) is 67.9 Å². The van der Waals surface area contributed by atoms with Crippen molar-refractivity contribution < 1.29 is 9.18 Å². The summed E-state index contributed by atoms with van der Waals surface area (Å²) in [6, 6.07) is 3.92. The maximum Gasteiger partial charge on any atom is 0.237 e. The Balaban J connectivity index is 1.24. The lowest BCUT2D eigenvalue weighted by atomic mass is 9.89. The zero-order chi connectivity index (χ0) is 20.3. The van der Waals surface area contributed by atoms with Crippen LogP contribution < -0.4 is 0 Å². The number of fused-ring (bicyclic) bond motifs is 3. The van der Waals surface area contributed by atoms with Crippen molar-refractivity contribution in [3.05, 3.63) is 29.3 Å². The van der Waals surface area contributed by atoms with Gasteiger partial charge in [0.25, 0.3) is 0 Å². The molecule has 1 amide bonds. The number of benzene rings is 1. The van der Waals surface area contributed by atoms with Crippen LogP contribution in [0.5, 0.6) is 0 Å². The Morgan fingerprint density at radius 3 is 2.62 bits per heavy atom. The number of rotatable bonds is 4. The fourth-order valence-electron chi connectivity index (χ4n) is 5.42. The quantitative estimate of drug-likeness (QED) is 0.859. The number of amides is 1. The van der Waals surface area contributed by atoms with Gasteiger partial charge in [0.15, 0.2) is 0 Å². The number of hydrogen-bond acceptors (Lipinski definition) is 4. The van der Waals surface area contributed by atoms with Gasteiger partial charge in [-0.05, 0) is 57.7 Å². The predicted molar refractivity (Wildman–Crippen MR) is 110 cm³/mol. The number of likely N-dealkylation sites (tertiary alicyclic amines) is 2. The van der Waals surface area contributed by atoms with Gasteiger partial charge in [0, 0.05) is 37.3 Å². The van der Waals surface area contributed by atoms with E-state index in [4.69, 9.17) is 4.98 Å². The van der Waals surface area contributed by atoms with E-state index < -0.39 is 0 Å². The van der Waals surface area contributed by atoms with E-state index in [1.54, 1.807) is 0 Å². The summed E-state index contributed by atoms with van der Waals surface area (Å²) in [6.45, 7) is 10.3. The first-order valence-electron chi connectivity index (χ1n) is 10.7. The highest BCUT2D eigenvalue weighted by Crippen LogP contribution is 2.33. The monoisotopic (exact) mass is 399 g/mol. The Bertz CT molecular complexity index is 940. The van der Waals surface area contributed by atoms with E-state index in [1.165, 1.54) is 12.1 Å². The summed E-state index contributed by atoms with van der Waals surface area (Å²) in [5.41, 5.74) is 2.50. The molecule has 2 aromatic rings. The minimum absolute atomic E-state index is 0.0247. The number of imidazole rings is 1. The molecule has 29 heavy (non-hydrogen) atoms. The summed E-state index contributed by atoms with van der Waals surface area (Å²) in [5.74, 6) is 0.938. The first-order chi connectivity index (χ1) is 13.8. The van der Waals surface area contributed by atoms with Crippen molar-refractivity contribution in [1.29, 1.82) is 0 Å². The summed E-state index contributed by atoms with van der Waals surface area (Å²) in [7, 11) is 0. The number of aromatic amines is 1. The van der Waals surface area contributed by atoms with E-state index in [2.05, 4.69) is 28.6 Å². The highest BCUT2D eigenvalue weighted by molar-refractivity contribution is 5.80. The van der Waals surface area contributed by atoms with Crippen molar-refractivity contribution in [2.75, 3.05) is 26.2 Å². The van der Waals surface area contributed by atoms with Crippen LogP contribution in [-0.2, 0) is 11.3 Å². The van der Waals surface area contributed by atoms with Gasteiger partial charge in [-0.3, -0.25) is 14.6 Å². The molecule has 7 heteroatoms. The van der Waals surface area contributed by atoms with Gasteiger partial charge in [0.2, 0.25) is 5.91 Å². The summed E-state index contributed by atoms with van der Waals surface area (Å²) >= 11 is 0. The molecule has 3 saturated heterocycles. The number of H-pyrrole nitrogens is 1. The normalized spacial score (nSPS) is 26.8. The Labute approximate surface area is 171 Å². The second-order valence-corrected chi connectivity index (χ2v) is 9.66. The van der Waals surface area contributed by atoms with Gasteiger partial charge in [-0.2, -0.15) is 0 Å². The summed E-state index contributed by atoms with van der Waals surface area (Å²) in [4.78, 5) is 27.7. The van der Waals surface area contributed by atoms with E-state index >= 15 is 0 Å². The second kappa shape index (κ2) is 6.77. The fourth-order valence-corrected chi connectivity index (χ4v) is 5.42. The molecule has 3 aliphatic heterocycles. The van der Waals surface area contributed by atoms with Crippen LogP contribution in [0, 0.1) is 12.7 Å². The molecule has 156 valence electrons. The molecule has 5 rings (SSSR count). The molecule has 3 aliphatic rings. The highest BCUT2D eigenvalue weighted by atomic mass is 19.1. The van der Waals surface area contributed by atoms with Gasteiger partial charge in [-0.25, -0.2) is 9.37 Å². The van der Waals surface area contributed by atoms with Crippen LogP contribution >= 0.6 is 0 Å². The molecule has 0 aliphatic carbocycles. The molecular formula is C22H30FN5O. The van der Waals surface area contributed by atoms with Crippen molar-refractivity contribution >= 4 is 16.9 Å². The third-order valence-electron chi connectivity index (χ3n) is 7.17. The standard InChI is InChI=1S/C22H30FN5O/c1-14-8-15(23)9-18-21(14)25-19(24-18)12-26-10-16-4-5-17(11-26)27(16)13-20(29)28-7-6-22(28,2)3/h8-9,16-17H,4-7,10-13H2,1-3H3,(H,24,25). The second-order valence-electron chi connectivity index (χ2n) is 9.66. The third kappa shape index (κ3) is 3.34. The largest absolute Gasteiger partial charge is 0.341 e. The van der Waals surface area contributed by atoms with Crippen LogP contribution in [0.25, 0.3) is 11.0 Å². The average Bonchev–Trinajstić information content (AvgIpc) is 3.11. The fraction of sp³-hybridized carbons (Fsp3) is 0.636. The van der Waals surface area contributed by atoms with Gasteiger partial charge >= 0.3 is 0 Å². The number of carbonyl (C=O) groups excluding carboxylic acids is 1. The number of carbonyl (C=O) groups is 1. The lowest BCUT2D eigenvalue weighted by molar-refractivity contribution is -0.147. The van der Waals surface area contributed by atoms with E-state index in [9.17, 15) is 9.18 Å². The number of hydrogen-bond donors (Lipinski definition) is 1. The first kappa shape index (κ1) is 19.0. The first-order valence-corrected chi connectivity index (χ1v) is 10.7. The molecule has 6 nitrogen and oxygen atoms in total. The molecule has 3 fully saturated rings. The van der Waals surface area contributed by atoms with Crippen LogP contribution in [-0.4, -0.2) is 74.4 Å². The van der Waals surface area contributed by atoms with Crippen LogP contribution in [0.4, 0.5) is 4.39 Å². The molecular weight excluding hydrogens is 369 g/mol. The lowest BCUT2D eigenvalue weighted by Gasteiger charge is -2.50. The summed E-state index contributed by atoms with van der Waals surface area (Å²) in [6.07, 6.45) is 3.41. The van der Waals surface area contributed by atoms with Gasteiger partial charge < -0.3 is 9.88 Å². The van der Waals surface area contributed by atoms with Crippen molar-refractivity contribution in [2.24, 2.45) is 0 Å². The molecule has 4 heterocycles. The van der Waals surface area contributed by atoms with Crippen molar-refractivity contribution in [2.45, 2.75) is 64.2 Å². The molecule has 0 radical (unpaired) electrons. The van der Waals surface area contributed by atoms with E-state index in [0.29, 0.717) is 18.6 Å². The van der Waals surface area contributed by atoms with Gasteiger partial charge in [0.1, 0.15) is 11.6 Å². The van der Waals surface area contributed by atoms with Crippen molar-refractivity contribution in [1.82, 2.24) is 24.7 Å².